The smallest absolute Gasteiger partial charge is 0.230 e. The topological polar surface area (TPSA) is 63.1 Å². The van der Waals surface area contributed by atoms with Crippen LogP contribution >= 0.6 is 11.8 Å². The molecule has 1 heterocycles. The predicted molar refractivity (Wildman–Crippen MR) is 93.9 cm³/mol. The molecule has 0 unspecified atom stereocenters. The van der Waals surface area contributed by atoms with Crippen LogP contribution in [-0.4, -0.2) is 46.6 Å². The van der Waals surface area contributed by atoms with E-state index in [2.05, 4.69) is 46.4 Å². The number of nitrogens with one attached hydrogen (secondary N) is 1. The van der Waals surface area contributed by atoms with Crippen molar-refractivity contribution >= 4 is 23.4 Å². The Morgan fingerprint density at radius 1 is 1.35 bits per heavy atom. The van der Waals surface area contributed by atoms with E-state index in [4.69, 9.17) is 0 Å². The van der Waals surface area contributed by atoms with E-state index in [1.54, 1.807) is 6.33 Å². The van der Waals surface area contributed by atoms with Gasteiger partial charge in [-0.15, -0.1) is 10.2 Å². The molecule has 0 aliphatic rings. The summed E-state index contributed by atoms with van der Waals surface area (Å²) >= 11 is 1.41. The molecule has 0 aliphatic carbocycles. The van der Waals surface area contributed by atoms with Crippen LogP contribution in [0, 0.1) is 0 Å². The van der Waals surface area contributed by atoms with Crippen molar-refractivity contribution in [1.29, 1.82) is 0 Å². The highest BCUT2D eigenvalue weighted by atomic mass is 32.2. The third-order valence-electron chi connectivity index (χ3n) is 3.40. The molecule has 0 saturated heterocycles. The standard InChI is InChI=1S/C16H23N5OS/c1-13(2)21-12-18-19-16(21)23-11-15(22)17-9-10-20(3)14-7-5-4-6-8-14/h4-8,12-13H,9-11H2,1-3H3,(H,17,22). The molecular formula is C16H23N5OS. The van der Waals surface area contributed by atoms with Crippen LogP contribution in [0.15, 0.2) is 41.8 Å². The zero-order valence-corrected chi connectivity index (χ0v) is 14.6. The average molecular weight is 333 g/mol. The van der Waals surface area contributed by atoms with Crippen molar-refractivity contribution in [3.8, 4) is 0 Å². The highest BCUT2D eigenvalue weighted by Gasteiger charge is 2.10. The first-order chi connectivity index (χ1) is 11.1. The highest BCUT2D eigenvalue weighted by Crippen LogP contribution is 2.18. The Morgan fingerprint density at radius 3 is 2.78 bits per heavy atom. The molecule has 0 saturated carbocycles. The van der Waals surface area contributed by atoms with E-state index in [0.29, 0.717) is 12.3 Å². The molecule has 7 heteroatoms. The first-order valence-electron chi connectivity index (χ1n) is 7.63. The van der Waals surface area contributed by atoms with Crippen molar-refractivity contribution in [3.05, 3.63) is 36.7 Å². The fourth-order valence-electron chi connectivity index (χ4n) is 2.05. The van der Waals surface area contributed by atoms with Crippen molar-refractivity contribution in [1.82, 2.24) is 20.1 Å². The normalized spacial score (nSPS) is 10.8. The first kappa shape index (κ1) is 17.3. The first-order valence-corrected chi connectivity index (χ1v) is 8.61. The van der Waals surface area contributed by atoms with Gasteiger partial charge in [-0.05, 0) is 26.0 Å². The van der Waals surface area contributed by atoms with E-state index >= 15 is 0 Å². The second kappa shape index (κ2) is 8.57. The fraction of sp³-hybridized carbons (Fsp3) is 0.438. The van der Waals surface area contributed by atoms with Crippen molar-refractivity contribution in [2.45, 2.75) is 25.0 Å². The molecule has 2 aromatic rings. The molecule has 1 amide bonds. The predicted octanol–water partition coefficient (Wildman–Crippen LogP) is 2.20. The number of amides is 1. The van der Waals surface area contributed by atoms with Gasteiger partial charge in [-0.3, -0.25) is 4.79 Å². The summed E-state index contributed by atoms with van der Waals surface area (Å²) in [6, 6.07) is 10.4. The lowest BCUT2D eigenvalue weighted by Crippen LogP contribution is -2.33. The molecule has 0 radical (unpaired) electrons. The molecule has 1 aromatic heterocycles. The number of hydrogen-bond acceptors (Lipinski definition) is 5. The molecule has 23 heavy (non-hydrogen) atoms. The number of anilines is 1. The summed E-state index contributed by atoms with van der Waals surface area (Å²) in [4.78, 5) is 14.0. The molecule has 0 bridgehead atoms. The Balaban J connectivity index is 1.70. The van der Waals surface area contributed by atoms with Gasteiger partial charge in [0.05, 0.1) is 5.75 Å². The molecule has 1 N–H and O–H groups in total. The third-order valence-corrected chi connectivity index (χ3v) is 4.35. The van der Waals surface area contributed by atoms with Crippen LogP contribution in [0.25, 0.3) is 0 Å². The molecular weight excluding hydrogens is 310 g/mol. The van der Waals surface area contributed by atoms with Gasteiger partial charge in [0.25, 0.3) is 0 Å². The van der Waals surface area contributed by atoms with Crippen molar-refractivity contribution in [2.24, 2.45) is 0 Å². The largest absolute Gasteiger partial charge is 0.373 e. The maximum absolute atomic E-state index is 11.9. The number of carbonyl (C=O) groups excluding carboxylic acids is 1. The van der Waals surface area contributed by atoms with Gasteiger partial charge in [0, 0.05) is 31.9 Å². The van der Waals surface area contributed by atoms with Crippen LogP contribution in [0.5, 0.6) is 0 Å². The van der Waals surface area contributed by atoms with Crippen LogP contribution in [0.3, 0.4) is 0 Å². The summed E-state index contributed by atoms with van der Waals surface area (Å²) in [6.45, 7) is 5.50. The number of nitrogens with zero attached hydrogens (tertiary/aromatic N) is 4. The number of benzene rings is 1. The lowest BCUT2D eigenvalue weighted by molar-refractivity contribution is -0.118. The third kappa shape index (κ3) is 5.28. The number of likely N-dealkylation sites (N-methyl/N-ethyl adjacent to an activating group) is 1. The Bertz CT molecular complexity index is 614. The molecule has 6 nitrogen and oxygen atoms in total. The number of rotatable bonds is 8. The molecule has 124 valence electrons. The minimum Gasteiger partial charge on any atom is -0.373 e. The van der Waals surface area contributed by atoms with E-state index in [9.17, 15) is 4.79 Å². The SMILES string of the molecule is CC(C)n1cnnc1SCC(=O)NCCN(C)c1ccccc1. The summed E-state index contributed by atoms with van der Waals surface area (Å²) in [6.07, 6.45) is 1.69. The van der Waals surface area contributed by atoms with Crippen LogP contribution in [-0.2, 0) is 4.79 Å². The van der Waals surface area contributed by atoms with Gasteiger partial charge in [-0.25, -0.2) is 0 Å². The van der Waals surface area contributed by atoms with Crippen LogP contribution in [0.2, 0.25) is 0 Å². The second-order valence-corrected chi connectivity index (χ2v) is 6.45. The molecule has 0 aliphatic heterocycles. The zero-order valence-electron chi connectivity index (χ0n) is 13.8. The Hall–Kier alpha value is -2.02. The number of thioether (sulfide) groups is 1. The van der Waals surface area contributed by atoms with Gasteiger partial charge in [-0.1, -0.05) is 30.0 Å². The van der Waals surface area contributed by atoms with Crippen molar-refractivity contribution < 1.29 is 4.79 Å². The van der Waals surface area contributed by atoms with Gasteiger partial charge in [0.1, 0.15) is 6.33 Å². The molecule has 2 rings (SSSR count). The molecule has 1 aromatic carbocycles. The van der Waals surface area contributed by atoms with Crippen LogP contribution in [0.4, 0.5) is 5.69 Å². The van der Waals surface area contributed by atoms with Gasteiger partial charge >= 0.3 is 0 Å². The lowest BCUT2D eigenvalue weighted by Gasteiger charge is -2.19. The number of carbonyl (C=O) groups is 1. The van der Waals surface area contributed by atoms with Crippen LogP contribution < -0.4 is 10.2 Å². The van der Waals surface area contributed by atoms with Gasteiger partial charge < -0.3 is 14.8 Å². The van der Waals surface area contributed by atoms with E-state index in [1.165, 1.54) is 11.8 Å². The van der Waals surface area contributed by atoms with Gasteiger partial charge in [0.15, 0.2) is 5.16 Å². The fourth-order valence-corrected chi connectivity index (χ4v) is 2.92. The highest BCUT2D eigenvalue weighted by molar-refractivity contribution is 7.99. The molecule has 0 spiro atoms. The summed E-state index contributed by atoms with van der Waals surface area (Å²) in [7, 11) is 2.02. The summed E-state index contributed by atoms with van der Waals surface area (Å²) in [5.41, 5.74) is 1.14. The van der Waals surface area contributed by atoms with E-state index < -0.39 is 0 Å². The number of hydrogen-bond donors (Lipinski definition) is 1. The van der Waals surface area contributed by atoms with E-state index in [-0.39, 0.29) is 11.9 Å². The Kier molecular flexibility index (Phi) is 6.46. The van der Waals surface area contributed by atoms with Crippen molar-refractivity contribution in [2.75, 3.05) is 30.8 Å². The molecule has 0 atom stereocenters. The van der Waals surface area contributed by atoms with Crippen molar-refractivity contribution in [3.63, 3.8) is 0 Å². The minimum absolute atomic E-state index is 0.00904. The maximum Gasteiger partial charge on any atom is 0.230 e. The zero-order chi connectivity index (χ0) is 16.7. The maximum atomic E-state index is 11.9. The van der Waals surface area contributed by atoms with Crippen LogP contribution in [0.1, 0.15) is 19.9 Å². The summed E-state index contributed by atoms with van der Waals surface area (Å²) in [5, 5.41) is 11.6. The number of aromatic nitrogens is 3. The minimum atomic E-state index is 0.00904. The van der Waals surface area contributed by atoms with Gasteiger partial charge in [-0.2, -0.15) is 0 Å². The molecule has 0 fully saturated rings. The lowest BCUT2D eigenvalue weighted by atomic mass is 10.3. The Morgan fingerprint density at radius 2 is 2.09 bits per heavy atom. The van der Waals surface area contributed by atoms with E-state index in [0.717, 1.165) is 17.4 Å². The Labute approximate surface area is 141 Å². The number of para-hydroxylation sites is 1. The summed E-state index contributed by atoms with van der Waals surface area (Å²) < 4.78 is 1.96. The monoisotopic (exact) mass is 333 g/mol. The van der Waals surface area contributed by atoms with Gasteiger partial charge in [0.2, 0.25) is 5.91 Å². The summed E-state index contributed by atoms with van der Waals surface area (Å²) in [5.74, 6) is 0.357. The average Bonchev–Trinajstić information content (AvgIpc) is 3.02. The van der Waals surface area contributed by atoms with E-state index in [1.807, 2.05) is 29.8 Å². The second-order valence-electron chi connectivity index (χ2n) is 5.51. The quantitative estimate of drug-likeness (QED) is 0.751.